The van der Waals surface area contributed by atoms with Crippen molar-refractivity contribution in [3.05, 3.63) is 34.9 Å². The lowest BCUT2D eigenvalue weighted by molar-refractivity contribution is 1.15. The highest BCUT2D eigenvalue weighted by Crippen LogP contribution is 2.15. The summed E-state index contributed by atoms with van der Waals surface area (Å²) in [5.41, 5.74) is 2.23. The molecule has 90 valence electrons. The number of hydrogen-bond acceptors (Lipinski definition) is 0. The average Bonchev–Trinajstić information content (AvgIpc) is 2.30. The Morgan fingerprint density at radius 3 is 1.73 bits per heavy atom. The lowest BCUT2D eigenvalue weighted by Gasteiger charge is -1.97. The zero-order valence-corrected chi connectivity index (χ0v) is 12.2. The summed E-state index contributed by atoms with van der Waals surface area (Å²) in [7, 11) is 0. The maximum atomic E-state index is 5.89. The maximum absolute atomic E-state index is 5.89. The fourth-order valence-corrected chi connectivity index (χ4v) is 0.723. The molecule has 0 radical (unpaired) electrons. The Kier molecular flexibility index (Phi) is 21.3. The van der Waals surface area contributed by atoms with Gasteiger partial charge in [-0.3, -0.25) is 0 Å². The van der Waals surface area contributed by atoms with Crippen LogP contribution in [-0.2, 0) is 0 Å². The topological polar surface area (TPSA) is 0 Å². The van der Waals surface area contributed by atoms with Crippen LogP contribution in [0.4, 0.5) is 0 Å². The van der Waals surface area contributed by atoms with Gasteiger partial charge < -0.3 is 0 Å². The molecule has 0 aliphatic carbocycles. The molecule has 0 amide bonds. The van der Waals surface area contributed by atoms with Gasteiger partial charge in [0.1, 0.15) is 0 Å². The molecule has 0 atom stereocenters. The lowest BCUT2D eigenvalue weighted by atomic mass is 10.2. The summed E-state index contributed by atoms with van der Waals surface area (Å²) in [4.78, 5) is 0. The number of rotatable bonds is 3. The van der Waals surface area contributed by atoms with Crippen LogP contribution in [0.2, 0.25) is 0 Å². The minimum atomic E-state index is 0.758. The molecule has 0 heterocycles. The zero-order chi connectivity index (χ0) is 12.9. The van der Waals surface area contributed by atoms with Gasteiger partial charge in [0.25, 0.3) is 0 Å². The van der Waals surface area contributed by atoms with Crippen molar-refractivity contribution in [2.75, 3.05) is 0 Å². The monoisotopic (exact) mass is 230 g/mol. The van der Waals surface area contributed by atoms with Crippen LogP contribution in [0.3, 0.4) is 0 Å². The van der Waals surface area contributed by atoms with Gasteiger partial charge >= 0.3 is 0 Å². The van der Waals surface area contributed by atoms with Crippen LogP contribution in [0.5, 0.6) is 0 Å². The number of halogens is 1. The normalized spacial score (nSPS) is 8.93. The predicted molar refractivity (Wildman–Crippen MR) is 75.5 cm³/mol. The second-order valence-corrected chi connectivity index (χ2v) is 3.12. The van der Waals surface area contributed by atoms with E-state index in [2.05, 4.69) is 6.58 Å². The third-order valence-corrected chi connectivity index (χ3v) is 1.72. The van der Waals surface area contributed by atoms with E-state index in [9.17, 15) is 0 Å². The van der Waals surface area contributed by atoms with Crippen molar-refractivity contribution >= 4 is 11.6 Å². The van der Waals surface area contributed by atoms with Gasteiger partial charge in [-0.1, -0.05) is 64.4 Å². The van der Waals surface area contributed by atoms with E-state index in [1.807, 2.05) is 60.6 Å². The van der Waals surface area contributed by atoms with Gasteiger partial charge in [-0.2, -0.15) is 0 Å². The molecule has 15 heavy (non-hydrogen) atoms. The first kappa shape index (κ1) is 20.0. The van der Waals surface area contributed by atoms with Gasteiger partial charge in [-0.15, -0.1) is 0 Å². The Bertz CT molecular complexity index is 193. The highest BCUT2D eigenvalue weighted by molar-refractivity contribution is 6.32. The van der Waals surface area contributed by atoms with Crippen LogP contribution < -0.4 is 0 Å². The fourth-order valence-electron chi connectivity index (χ4n) is 0.527. The molecule has 0 saturated heterocycles. The smallest absolute Gasteiger partial charge is 0.0431 e. The van der Waals surface area contributed by atoms with Crippen LogP contribution >= 0.6 is 11.6 Å². The lowest BCUT2D eigenvalue weighted by Crippen LogP contribution is -1.76. The number of hydrogen-bond donors (Lipinski definition) is 0. The van der Waals surface area contributed by atoms with E-state index in [0.717, 1.165) is 17.0 Å². The van der Waals surface area contributed by atoms with Crippen molar-refractivity contribution in [3.8, 4) is 0 Å². The molecule has 0 aromatic carbocycles. The van der Waals surface area contributed by atoms with E-state index < -0.39 is 0 Å². The van der Waals surface area contributed by atoms with Crippen molar-refractivity contribution in [2.24, 2.45) is 0 Å². The van der Waals surface area contributed by atoms with E-state index >= 15 is 0 Å². The van der Waals surface area contributed by atoms with Crippen molar-refractivity contribution in [3.63, 3.8) is 0 Å². The van der Waals surface area contributed by atoms with E-state index in [1.54, 1.807) is 0 Å². The highest BCUT2D eigenvalue weighted by atomic mass is 35.5. The second kappa shape index (κ2) is 16.0. The second-order valence-electron chi connectivity index (χ2n) is 2.72. The van der Waals surface area contributed by atoms with Crippen LogP contribution in [0, 0.1) is 0 Å². The quantitative estimate of drug-likeness (QED) is 0.515. The first-order valence-electron chi connectivity index (χ1n) is 5.76. The predicted octanol–water partition coefficient (Wildman–Crippen LogP) is 6.09. The van der Waals surface area contributed by atoms with Crippen molar-refractivity contribution in [1.82, 2.24) is 0 Å². The third kappa shape index (κ3) is 16.2. The Hall–Kier alpha value is -0.490. The molecule has 0 nitrogen and oxygen atoms in total. The Morgan fingerprint density at radius 1 is 1.07 bits per heavy atom. The summed E-state index contributed by atoms with van der Waals surface area (Å²) < 4.78 is 0. The molecule has 0 aliphatic heterocycles. The molecule has 1 heteroatoms. The van der Waals surface area contributed by atoms with Crippen molar-refractivity contribution in [2.45, 2.75) is 54.9 Å². The summed E-state index contributed by atoms with van der Waals surface area (Å²) >= 11 is 5.89. The maximum Gasteiger partial charge on any atom is 0.0431 e. The largest absolute Gasteiger partial charge is 0.0944 e. The average molecular weight is 231 g/mol. The van der Waals surface area contributed by atoms with Crippen LogP contribution in [0.15, 0.2) is 34.9 Å². The Balaban J connectivity index is -0.000000318. The molecular weight excluding hydrogens is 204 g/mol. The van der Waals surface area contributed by atoms with Gasteiger partial charge in [0.05, 0.1) is 0 Å². The van der Waals surface area contributed by atoms with Gasteiger partial charge in [0, 0.05) is 5.03 Å². The van der Waals surface area contributed by atoms with Gasteiger partial charge in [-0.25, -0.2) is 0 Å². The number of allylic oxidation sites excluding steroid dienone is 5. The summed E-state index contributed by atoms with van der Waals surface area (Å²) in [6.45, 7) is 17.9. The van der Waals surface area contributed by atoms with Crippen LogP contribution in [0.25, 0.3) is 0 Å². The fraction of sp³-hybridized carbons (Fsp3) is 0.571. The standard InChI is InChI=1S/C10H15Cl.2C2H6/c1-5-9(4)10(11)7-6-8(2)3;2*1-2/h6-7H,4-5H2,1-3H3;2*1-2H3/b10-7+;;. The molecule has 0 aromatic rings. The van der Waals surface area contributed by atoms with Crippen LogP contribution in [-0.4, -0.2) is 0 Å². The van der Waals surface area contributed by atoms with Crippen molar-refractivity contribution < 1.29 is 0 Å². The molecular formula is C14H27Cl. The molecule has 0 aliphatic rings. The Labute approximate surface area is 102 Å². The summed E-state index contributed by atoms with van der Waals surface area (Å²) in [6.07, 6.45) is 4.79. The van der Waals surface area contributed by atoms with E-state index in [0.29, 0.717) is 0 Å². The summed E-state index contributed by atoms with van der Waals surface area (Å²) in [5, 5.41) is 0.758. The third-order valence-electron chi connectivity index (χ3n) is 1.33. The first-order chi connectivity index (χ1) is 7.07. The highest BCUT2D eigenvalue weighted by Gasteiger charge is 1.92. The van der Waals surface area contributed by atoms with E-state index in [-0.39, 0.29) is 0 Å². The Morgan fingerprint density at radius 2 is 1.47 bits per heavy atom. The molecule has 0 rings (SSSR count). The molecule has 0 aromatic heterocycles. The molecule has 0 fully saturated rings. The molecule has 0 unspecified atom stereocenters. The van der Waals surface area contributed by atoms with Crippen LogP contribution in [0.1, 0.15) is 54.9 Å². The summed E-state index contributed by atoms with van der Waals surface area (Å²) in [5.74, 6) is 0. The first-order valence-corrected chi connectivity index (χ1v) is 6.14. The van der Waals surface area contributed by atoms with E-state index in [4.69, 9.17) is 11.6 Å². The summed E-state index contributed by atoms with van der Waals surface area (Å²) in [6, 6.07) is 0. The van der Waals surface area contributed by atoms with Gasteiger partial charge in [0.15, 0.2) is 0 Å². The van der Waals surface area contributed by atoms with E-state index in [1.165, 1.54) is 5.57 Å². The molecule has 0 saturated carbocycles. The molecule has 0 N–H and O–H groups in total. The minimum absolute atomic E-state index is 0.758. The van der Waals surface area contributed by atoms with Gasteiger partial charge in [0.2, 0.25) is 0 Å². The zero-order valence-electron chi connectivity index (χ0n) is 11.4. The van der Waals surface area contributed by atoms with Crippen molar-refractivity contribution in [1.29, 1.82) is 0 Å². The molecule has 0 bridgehead atoms. The van der Waals surface area contributed by atoms with Gasteiger partial charge in [-0.05, 0) is 31.9 Å². The minimum Gasteiger partial charge on any atom is -0.0944 e. The molecule has 0 spiro atoms. The SMILES string of the molecule is C=C(CC)/C(Cl)=C\C=C(C)C.CC.CC.